The van der Waals surface area contributed by atoms with E-state index in [4.69, 9.17) is 14.2 Å². The van der Waals surface area contributed by atoms with Crippen molar-refractivity contribution in [1.82, 2.24) is 14.7 Å². The first-order chi connectivity index (χ1) is 25.4. The number of anilines is 2. The molecule has 3 aromatic carbocycles. The van der Waals surface area contributed by atoms with E-state index in [1.807, 2.05) is 35.1 Å². The van der Waals surface area contributed by atoms with E-state index >= 15 is 0 Å². The van der Waals surface area contributed by atoms with E-state index in [9.17, 15) is 4.79 Å². The first-order valence-corrected chi connectivity index (χ1v) is 19.0. The monoisotopic (exact) mass is 705 g/mol. The smallest absolute Gasteiger partial charge is 0.251 e. The quantitative estimate of drug-likeness (QED) is 0.117. The van der Waals surface area contributed by atoms with Gasteiger partial charge in [0.1, 0.15) is 12.4 Å². The predicted octanol–water partition coefficient (Wildman–Crippen LogP) is 8.37. The molecule has 9 heteroatoms. The predicted molar refractivity (Wildman–Crippen MR) is 210 cm³/mol. The maximum Gasteiger partial charge on any atom is 0.251 e. The molecule has 0 radical (unpaired) electrons. The molecule has 0 spiro atoms. The summed E-state index contributed by atoms with van der Waals surface area (Å²) in [5.74, 6) is 0.752. The van der Waals surface area contributed by atoms with E-state index in [-0.39, 0.29) is 5.91 Å². The zero-order valence-corrected chi connectivity index (χ0v) is 31.4. The highest BCUT2D eigenvalue weighted by Gasteiger charge is 2.22. The number of nitrogens with zero attached hydrogens (tertiary/aromatic N) is 4. The Balaban J connectivity index is 1.17. The van der Waals surface area contributed by atoms with Gasteiger partial charge in [-0.25, -0.2) is 0 Å². The van der Waals surface area contributed by atoms with Crippen molar-refractivity contribution in [3.8, 4) is 16.9 Å². The van der Waals surface area contributed by atoms with Crippen molar-refractivity contribution in [2.45, 2.75) is 78.0 Å². The molecule has 0 atom stereocenters. The number of hydrogen-bond donors (Lipinski definition) is 1. The molecule has 0 unspecified atom stereocenters. The molecule has 0 bridgehead atoms. The summed E-state index contributed by atoms with van der Waals surface area (Å²) in [5, 5.41) is 7.77. The van der Waals surface area contributed by atoms with Gasteiger partial charge in [-0.3, -0.25) is 14.4 Å². The van der Waals surface area contributed by atoms with Crippen LogP contribution < -0.4 is 15.0 Å². The van der Waals surface area contributed by atoms with Gasteiger partial charge in [0.2, 0.25) is 0 Å². The summed E-state index contributed by atoms with van der Waals surface area (Å²) in [4.78, 5) is 18.6. The molecule has 2 aliphatic rings. The number of unbranched alkanes of at least 4 members (excludes halogenated alkanes) is 1. The van der Waals surface area contributed by atoms with Crippen molar-refractivity contribution in [1.29, 1.82) is 0 Å². The molecule has 3 heterocycles. The third-order valence-electron chi connectivity index (χ3n) is 9.98. The summed E-state index contributed by atoms with van der Waals surface area (Å²) in [6, 6.07) is 23.8. The maximum atomic E-state index is 13.8. The highest BCUT2D eigenvalue weighted by atomic mass is 16.5. The number of carbonyl (C=O) groups excluding carboxylic acids is 1. The van der Waals surface area contributed by atoms with Crippen LogP contribution in [0, 0.1) is 0 Å². The summed E-state index contributed by atoms with van der Waals surface area (Å²) in [6.07, 6.45) is 11.1. The molecule has 0 aliphatic carbocycles. The third kappa shape index (κ3) is 10.1. The third-order valence-corrected chi connectivity index (χ3v) is 9.98. The minimum absolute atomic E-state index is 0.0712. The number of hydrogen-bond acceptors (Lipinski definition) is 7. The number of rotatable bonds is 16. The van der Waals surface area contributed by atoms with E-state index < -0.39 is 0 Å². The summed E-state index contributed by atoms with van der Waals surface area (Å²) >= 11 is 0. The second-order valence-electron chi connectivity index (χ2n) is 14.3. The molecule has 6 rings (SSSR count). The molecule has 276 valence electrons. The number of amides is 1. The lowest BCUT2D eigenvalue weighted by Gasteiger charge is -2.31. The standard InChI is InChI=1S/C43H55N5O4/c1-5-6-21-50-24-25-52-41-14-9-35(10-15-41)36-11-16-42-38(26-36)27-37(17-20-47(42)30-34-28-44-48(31-34)32(2)3)43(49)45-39-12-7-33(8-13-39)29-46(4)40-18-22-51-23-19-40/h7-16,26-28,31-32,40H,5-6,17-25,29-30H2,1-4H3,(H,45,49). The van der Waals surface area contributed by atoms with Crippen LogP contribution in [0.5, 0.6) is 5.75 Å². The van der Waals surface area contributed by atoms with Crippen LogP contribution in [0.3, 0.4) is 0 Å². The van der Waals surface area contributed by atoms with Gasteiger partial charge in [-0.1, -0.05) is 43.7 Å². The zero-order chi connectivity index (χ0) is 36.3. The molecular formula is C43H55N5O4. The summed E-state index contributed by atoms with van der Waals surface area (Å²) in [7, 11) is 2.18. The van der Waals surface area contributed by atoms with Crippen molar-refractivity contribution in [2.75, 3.05) is 56.8 Å². The highest BCUT2D eigenvalue weighted by molar-refractivity contribution is 6.07. The number of nitrogens with one attached hydrogen (secondary N) is 1. The lowest BCUT2D eigenvalue weighted by Crippen LogP contribution is -2.36. The van der Waals surface area contributed by atoms with Crippen LogP contribution in [0.2, 0.25) is 0 Å². The van der Waals surface area contributed by atoms with Crippen molar-refractivity contribution in [2.24, 2.45) is 0 Å². The molecule has 2 aliphatic heterocycles. The molecular weight excluding hydrogens is 651 g/mol. The van der Waals surface area contributed by atoms with E-state index in [0.29, 0.717) is 44.8 Å². The van der Waals surface area contributed by atoms with Gasteiger partial charge < -0.3 is 24.4 Å². The van der Waals surface area contributed by atoms with Gasteiger partial charge in [0.05, 0.1) is 12.8 Å². The zero-order valence-electron chi connectivity index (χ0n) is 31.4. The van der Waals surface area contributed by atoms with Crippen LogP contribution in [0.1, 0.15) is 75.6 Å². The second kappa shape index (κ2) is 18.4. The van der Waals surface area contributed by atoms with Crippen LogP contribution >= 0.6 is 0 Å². The van der Waals surface area contributed by atoms with Gasteiger partial charge >= 0.3 is 0 Å². The molecule has 1 fully saturated rings. The Morgan fingerprint density at radius 1 is 0.981 bits per heavy atom. The van der Waals surface area contributed by atoms with Crippen LogP contribution in [-0.2, 0) is 27.4 Å². The number of aromatic nitrogens is 2. The summed E-state index contributed by atoms with van der Waals surface area (Å²) in [5.41, 5.74) is 8.23. The van der Waals surface area contributed by atoms with Crippen molar-refractivity contribution >= 4 is 23.4 Å². The second-order valence-corrected chi connectivity index (χ2v) is 14.3. The number of carbonyl (C=O) groups is 1. The first-order valence-electron chi connectivity index (χ1n) is 19.0. The molecule has 1 aromatic heterocycles. The molecule has 1 saturated heterocycles. The lowest BCUT2D eigenvalue weighted by atomic mass is 10.00. The first kappa shape index (κ1) is 37.3. The van der Waals surface area contributed by atoms with Crippen LogP contribution in [0.15, 0.2) is 84.7 Å². The fourth-order valence-corrected chi connectivity index (χ4v) is 6.84. The van der Waals surface area contributed by atoms with E-state index in [1.54, 1.807) is 0 Å². The fourth-order valence-electron chi connectivity index (χ4n) is 6.84. The normalized spacial score (nSPS) is 15.0. The molecule has 4 aromatic rings. The largest absolute Gasteiger partial charge is 0.491 e. The minimum Gasteiger partial charge on any atom is -0.491 e. The lowest BCUT2D eigenvalue weighted by molar-refractivity contribution is -0.112. The van der Waals surface area contributed by atoms with E-state index in [2.05, 4.69) is 103 Å². The number of benzene rings is 3. The van der Waals surface area contributed by atoms with Gasteiger partial charge in [-0.15, -0.1) is 0 Å². The average Bonchev–Trinajstić information content (AvgIpc) is 3.57. The Labute approximate surface area is 309 Å². The van der Waals surface area contributed by atoms with Gasteiger partial charge in [0.25, 0.3) is 5.91 Å². The van der Waals surface area contributed by atoms with Gasteiger partial charge in [-0.05, 0) is 111 Å². The molecule has 1 amide bonds. The summed E-state index contributed by atoms with van der Waals surface area (Å²) < 4.78 is 19.1. The van der Waals surface area contributed by atoms with E-state index in [0.717, 1.165) is 97.0 Å². The Morgan fingerprint density at radius 2 is 1.75 bits per heavy atom. The topological polar surface area (TPSA) is 81.1 Å². The highest BCUT2D eigenvalue weighted by Crippen LogP contribution is 2.34. The van der Waals surface area contributed by atoms with Crippen molar-refractivity contribution in [3.63, 3.8) is 0 Å². The molecule has 52 heavy (non-hydrogen) atoms. The Bertz CT molecular complexity index is 1760. The summed E-state index contributed by atoms with van der Waals surface area (Å²) in [6.45, 7) is 12.3. The van der Waals surface area contributed by atoms with Gasteiger partial charge in [0.15, 0.2) is 0 Å². The minimum atomic E-state index is -0.0712. The maximum absolute atomic E-state index is 13.8. The number of ether oxygens (including phenoxy) is 3. The SMILES string of the molecule is CCCCOCCOc1ccc(-c2ccc3c(c2)C=C(C(=O)Nc2ccc(CN(C)C4CCOCC4)cc2)CCN3Cc2cnn(C(C)C)c2)cc1. The van der Waals surface area contributed by atoms with Crippen molar-refractivity contribution < 1.29 is 19.0 Å². The van der Waals surface area contributed by atoms with Gasteiger partial charge in [0, 0.05) is 80.2 Å². The van der Waals surface area contributed by atoms with E-state index in [1.165, 1.54) is 5.56 Å². The molecule has 9 nitrogen and oxygen atoms in total. The average molecular weight is 706 g/mol. The fraction of sp³-hybridized carbons (Fsp3) is 0.442. The van der Waals surface area contributed by atoms with Crippen molar-refractivity contribution in [3.05, 3.63) is 101 Å². The van der Waals surface area contributed by atoms with Gasteiger partial charge in [-0.2, -0.15) is 5.10 Å². The number of fused-ring (bicyclic) bond motifs is 1. The molecule has 1 N–H and O–H groups in total. The van der Waals surface area contributed by atoms with Crippen LogP contribution in [0.4, 0.5) is 11.4 Å². The Kier molecular flexibility index (Phi) is 13.2. The van der Waals surface area contributed by atoms with Crippen LogP contribution in [0.25, 0.3) is 17.2 Å². The Morgan fingerprint density at radius 3 is 2.48 bits per heavy atom. The molecule has 0 saturated carbocycles. The van der Waals surface area contributed by atoms with Crippen LogP contribution in [-0.4, -0.2) is 73.3 Å². The Hall–Kier alpha value is -4.44.